The fraction of sp³-hybridized carbons (Fsp3) is 0.778. The number of amides is 2. The summed E-state index contributed by atoms with van der Waals surface area (Å²) in [6, 6.07) is 0.131. The molecule has 1 heterocycles. The van der Waals surface area contributed by atoms with Crippen LogP contribution in [-0.4, -0.2) is 36.3 Å². The van der Waals surface area contributed by atoms with E-state index in [1.165, 1.54) is 0 Å². The highest BCUT2D eigenvalue weighted by Gasteiger charge is 2.48. The van der Waals surface area contributed by atoms with Gasteiger partial charge in [0.15, 0.2) is 0 Å². The van der Waals surface area contributed by atoms with Gasteiger partial charge >= 0.3 is 0 Å². The molecule has 0 aromatic heterocycles. The third kappa shape index (κ3) is 1.12. The van der Waals surface area contributed by atoms with Gasteiger partial charge in [0.1, 0.15) is 6.04 Å². The Hall–Kier alpha value is -1.06. The standard InChI is InChI=1S/C9H14N2O2/c1-10-9(13)8-6-2-3-7(4-6)11(8)5-12/h5-8H,2-4H2,1H3,(H,10,13). The Bertz CT molecular complexity index is 242. The highest BCUT2D eigenvalue weighted by molar-refractivity contribution is 5.84. The summed E-state index contributed by atoms with van der Waals surface area (Å²) >= 11 is 0. The van der Waals surface area contributed by atoms with Crippen LogP contribution in [0.3, 0.4) is 0 Å². The minimum Gasteiger partial charge on any atom is -0.357 e. The maximum absolute atomic E-state index is 11.5. The van der Waals surface area contributed by atoms with Crippen molar-refractivity contribution >= 4 is 12.3 Å². The van der Waals surface area contributed by atoms with E-state index in [1.54, 1.807) is 11.9 Å². The second-order valence-electron chi connectivity index (χ2n) is 3.84. The maximum Gasteiger partial charge on any atom is 0.242 e. The summed E-state index contributed by atoms with van der Waals surface area (Å²) in [5.74, 6) is 0.384. The SMILES string of the molecule is CNC(=O)C1C2CCC(C2)N1C=O. The third-order valence-electron chi connectivity index (χ3n) is 3.27. The Labute approximate surface area is 77.3 Å². The van der Waals surface area contributed by atoms with E-state index in [0.717, 1.165) is 25.7 Å². The third-order valence-corrected chi connectivity index (χ3v) is 3.27. The monoisotopic (exact) mass is 182 g/mol. The molecule has 13 heavy (non-hydrogen) atoms. The lowest BCUT2D eigenvalue weighted by atomic mass is 9.98. The van der Waals surface area contributed by atoms with Crippen LogP contribution in [0.25, 0.3) is 0 Å². The molecule has 3 unspecified atom stereocenters. The number of fused-ring (bicyclic) bond motifs is 2. The van der Waals surface area contributed by atoms with Gasteiger partial charge in [-0.2, -0.15) is 0 Å². The van der Waals surface area contributed by atoms with E-state index in [1.807, 2.05) is 0 Å². The minimum absolute atomic E-state index is 0.0145. The first-order valence-electron chi connectivity index (χ1n) is 4.72. The van der Waals surface area contributed by atoms with Crippen LogP contribution in [0.1, 0.15) is 19.3 Å². The molecule has 1 N–H and O–H groups in total. The molecule has 1 aliphatic heterocycles. The molecule has 2 rings (SSSR count). The zero-order valence-electron chi connectivity index (χ0n) is 7.69. The molecular formula is C9H14N2O2. The van der Waals surface area contributed by atoms with Gasteiger partial charge in [0.2, 0.25) is 12.3 Å². The predicted molar refractivity (Wildman–Crippen MR) is 46.9 cm³/mol. The van der Waals surface area contributed by atoms with E-state index in [2.05, 4.69) is 5.32 Å². The molecule has 1 saturated heterocycles. The van der Waals surface area contributed by atoms with Crippen LogP contribution >= 0.6 is 0 Å². The smallest absolute Gasteiger partial charge is 0.242 e. The van der Waals surface area contributed by atoms with E-state index in [-0.39, 0.29) is 11.9 Å². The molecule has 3 atom stereocenters. The van der Waals surface area contributed by atoms with Gasteiger partial charge in [-0.3, -0.25) is 9.59 Å². The second-order valence-corrected chi connectivity index (χ2v) is 3.84. The lowest BCUT2D eigenvalue weighted by Gasteiger charge is -2.30. The van der Waals surface area contributed by atoms with Crippen LogP contribution in [0, 0.1) is 5.92 Å². The fourth-order valence-electron chi connectivity index (χ4n) is 2.67. The molecule has 2 fully saturated rings. The van der Waals surface area contributed by atoms with Crippen molar-refractivity contribution < 1.29 is 9.59 Å². The van der Waals surface area contributed by atoms with Crippen molar-refractivity contribution in [2.75, 3.05) is 7.05 Å². The molecule has 72 valence electrons. The Morgan fingerprint density at radius 1 is 1.54 bits per heavy atom. The van der Waals surface area contributed by atoms with Crippen LogP contribution in [0.2, 0.25) is 0 Å². The summed E-state index contributed by atoms with van der Waals surface area (Å²) in [6.07, 6.45) is 3.99. The molecule has 2 bridgehead atoms. The number of nitrogens with one attached hydrogen (secondary N) is 1. The number of likely N-dealkylation sites (tertiary alicyclic amines) is 1. The Balaban J connectivity index is 2.17. The Kier molecular flexibility index (Phi) is 1.98. The normalized spacial score (nSPS) is 36.4. The summed E-state index contributed by atoms with van der Waals surface area (Å²) < 4.78 is 0. The largest absolute Gasteiger partial charge is 0.357 e. The molecule has 4 heteroatoms. The lowest BCUT2D eigenvalue weighted by molar-refractivity contribution is -0.134. The van der Waals surface area contributed by atoms with E-state index in [9.17, 15) is 9.59 Å². The second kappa shape index (κ2) is 3.01. The number of rotatable bonds is 2. The van der Waals surface area contributed by atoms with Crippen molar-refractivity contribution in [3.05, 3.63) is 0 Å². The van der Waals surface area contributed by atoms with Gasteiger partial charge in [0.25, 0.3) is 0 Å². The van der Waals surface area contributed by atoms with E-state index < -0.39 is 0 Å². The number of carbonyl (C=O) groups excluding carboxylic acids is 2. The van der Waals surface area contributed by atoms with E-state index >= 15 is 0 Å². The number of carbonyl (C=O) groups is 2. The average Bonchev–Trinajstić information content (AvgIpc) is 2.74. The van der Waals surface area contributed by atoms with Gasteiger partial charge < -0.3 is 10.2 Å². The summed E-state index contributed by atoms with van der Waals surface area (Å²) in [5.41, 5.74) is 0. The molecule has 0 aromatic carbocycles. The van der Waals surface area contributed by atoms with Gasteiger partial charge in [0, 0.05) is 13.1 Å². The quantitative estimate of drug-likeness (QED) is 0.598. The predicted octanol–water partition coefficient (Wildman–Crippen LogP) is -0.258. The van der Waals surface area contributed by atoms with Crippen LogP contribution in [0.5, 0.6) is 0 Å². The van der Waals surface area contributed by atoms with Crippen LogP contribution in [-0.2, 0) is 9.59 Å². The molecule has 2 amide bonds. The molecule has 0 radical (unpaired) electrons. The van der Waals surface area contributed by atoms with Crippen molar-refractivity contribution in [3.63, 3.8) is 0 Å². The number of piperidine rings is 1. The summed E-state index contributed by atoms with van der Waals surface area (Å²) in [6.45, 7) is 0. The van der Waals surface area contributed by atoms with Crippen molar-refractivity contribution in [2.24, 2.45) is 5.92 Å². The molecule has 1 aliphatic carbocycles. The van der Waals surface area contributed by atoms with Crippen LogP contribution in [0.4, 0.5) is 0 Å². The van der Waals surface area contributed by atoms with Gasteiger partial charge in [-0.05, 0) is 25.2 Å². The molecule has 1 saturated carbocycles. The highest BCUT2D eigenvalue weighted by Crippen LogP contribution is 2.41. The van der Waals surface area contributed by atoms with Gasteiger partial charge in [-0.15, -0.1) is 0 Å². The zero-order valence-corrected chi connectivity index (χ0v) is 7.69. The van der Waals surface area contributed by atoms with Crippen LogP contribution in [0.15, 0.2) is 0 Å². The number of nitrogens with zero attached hydrogens (tertiary/aromatic N) is 1. The average molecular weight is 182 g/mol. The highest BCUT2D eigenvalue weighted by atomic mass is 16.2. The first-order valence-corrected chi connectivity index (χ1v) is 4.72. The lowest BCUT2D eigenvalue weighted by Crippen LogP contribution is -2.48. The number of likely N-dealkylation sites (N-methyl/N-ethyl adjacent to an activating group) is 1. The number of hydrogen-bond acceptors (Lipinski definition) is 2. The summed E-state index contributed by atoms with van der Waals surface area (Å²) in [5, 5.41) is 2.62. The van der Waals surface area contributed by atoms with Gasteiger partial charge in [0.05, 0.1) is 0 Å². The molecule has 0 aromatic rings. The molecule has 0 spiro atoms. The molecule has 4 nitrogen and oxygen atoms in total. The Morgan fingerprint density at radius 2 is 2.31 bits per heavy atom. The zero-order chi connectivity index (χ0) is 9.42. The van der Waals surface area contributed by atoms with E-state index in [4.69, 9.17) is 0 Å². The van der Waals surface area contributed by atoms with Crippen LogP contribution < -0.4 is 5.32 Å². The number of hydrogen-bond donors (Lipinski definition) is 1. The fourth-order valence-corrected chi connectivity index (χ4v) is 2.67. The van der Waals surface area contributed by atoms with Crippen molar-refractivity contribution in [1.29, 1.82) is 0 Å². The Morgan fingerprint density at radius 3 is 2.92 bits per heavy atom. The van der Waals surface area contributed by atoms with E-state index in [0.29, 0.717) is 12.0 Å². The first kappa shape index (κ1) is 8.53. The van der Waals surface area contributed by atoms with Crippen molar-refractivity contribution in [3.8, 4) is 0 Å². The molecular weight excluding hydrogens is 168 g/mol. The molecule has 2 aliphatic rings. The minimum atomic E-state index is -0.193. The maximum atomic E-state index is 11.5. The summed E-state index contributed by atoms with van der Waals surface area (Å²) in [4.78, 5) is 23.9. The first-order chi connectivity index (χ1) is 6.27. The van der Waals surface area contributed by atoms with Crippen molar-refractivity contribution in [1.82, 2.24) is 10.2 Å². The summed E-state index contributed by atoms with van der Waals surface area (Å²) in [7, 11) is 1.62. The van der Waals surface area contributed by atoms with Gasteiger partial charge in [-0.1, -0.05) is 0 Å². The van der Waals surface area contributed by atoms with Gasteiger partial charge in [-0.25, -0.2) is 0 Å². The van der Waals surface area contributed by atoms with Crippen molar-refractivity contribution in [2.45, 2.75) is 31.3 Å². The topological polar surface area (TPSA) is 49.4 Å².